The fraction of sp³-hybridized carbons (Fsp3) is 0.250. The molecule has 0 bridgehead atoms. The van der Waals surface area contributed by atoms with Crippen LogP contribution in [0.5, 0.6) is 0 Å². The van der Waals surface area contributed by atoms with Crippen LogP contribution in [-0.2, 0) is 4.43 Å². The lowest BCUT2D eigenvalue weighted by Gasteiger charge is -2.44. The summed E-state index contributed by atoms with van der Waals surface area (Å²) in [5.41, 5.74) is 1.16. The van der Waals surface area contributed by atoms with Crippen molar-refractivity contribution >= 4 is 50.6 Å². The molecule has 0 aromatic heterocycles. The second kappa shape index (κ2) is 8.66. The minimum Gasteiger partial charge on any atom is -0.401 e. The van der Waals surface area contributed by atoms with E-state index in [4.69, 9.17) is 4.43 Å². The molecule has 146 valence electrons. The molecule has 0 fully saturated rings. The zero-order valence-electron chi connectivity index (χ0n) is 16.7. The van der Waals surface area contributed by atoms with Gasteiger partial charge in [-0.1, -0.05) is 113 Å². The van der Waals surface area contributed by atoms with Gasteiger partial charge < -0.3 is 4.43 Å². The third kappa shape index (κ3) is 4.35. The first-order chi connectivity index (χ1) is 13.2. The molecule has 4 heteroatoms. The molecule has 1 atom stereocenters. The molecule has 28 heavy (non-hydrogen) atoms. The van der Waals surface area contributed by atoms with Gasteiger partial charge in [0.15, 0.2) is 0 Å². The number of hydrogen-bond donors (Lipinski definition) is 0. The van der Waals surface area contributed by atoms with Crippen molar-refractivity contribution in [2.75, 3.05) is 0 Å². The summed E-state index contributed by atoms with van der Waals surface area (Å²) in [7, 11) is -2.56. The third-order valence-electron chi connectivity index (χ3n) is 5.12. The van der Waals surface area contributed by atoms with Gasteiger partial charge in [0.1, 0.15) is 0 Å². The molecular formula is C24H26Br2OSi. The third-order valence-corrected chi connectivity index (χ3v) is 11.2. The first-order valence-electron chi connectivity index (χ1n) is 9.49. The predicted octanol–water partition coefficient (Wildman–Crippen LogP) is 6.85. The van der Waals surface area contributed by atoms with Crippen molar-refractivity contribution in [3.05, 3.63) is 93.4 Å². The van der Waals surface area contributed by atoms with Crippen molar-refractivity contribution in [2.45, 2.75) is 38.8 Å². The van der Waals surface area contributed by atoms with Gasteiger partial charge in [0, 0.05) is 8.95 Å². The Morgan fingerprint density at radius 2 is 1.18 bits per heavy atom. The van der Waals surface area contributed by atoms with Crippen LogP contribution in [0.1, 0.15) is 39.4 Å². The molecular weight excluding hydrogens is 492 g/mol. The summed E-state index contributed by atoms with van der Waals surface area (Å²) in [5, 5.41) is 2.57. The Bertz CT molecular complexity index is 861. The highest BCUT2D eigenvalue weighted by Crippen LogP contribution is 2.40. The molecule has 0 saturated heterocycles. The molecule has 0 aliphatic carbocycles. The zero-order valence-corrected chi connectivity index (χ0v) is 20.9. The van der Waals surface area contributed by atoms with E-state index < -0.39 is 8.32 Å². The first kappa shape index (κ1) is 21.5. The fourth-order valence-corrected chi connectivity index (χ4v) is 9.84. The van der Waals surface area contributed by atoms with Gasteiger partial charge in [-0.05, 0) is 46.1 Å². The monoisotopic (exact) mass is 516 g/mol. The van der Waals surface area contributed by atoms with Crippen molar-refractivity contribution < 1.29 is 4.43 Å². The van der Waals surface area contributed by atoms with E-state index in [1.54, 1.807) is 0 Å². The summed E-state index contributed by atoms with van der Waals surface area (Å²) >= 11 is 7.23. The quantitative estimate of drug-likeness (QED) is 0.336. The van der Waals surface area contributed by atoms with E-state index in [1.165, 1.54) is 10.4 Å². The van der Waals surface area contributed by atoms with Crippen LogP contribution in [0.2, 0.25) is 5.04 Å². The molecule has 0 radical (unpaired) electrons. The van der Waals surface area contributed by atoms with Crippen molar-refractivity contribution in [2.24, 2.45) is 0 Å². The Kier molecular flexibility index (Phi) is 6.65. The molecule has 0 spiro atoms. The normalized spacial score (nSPS) is 13.4. The van der Waals surface area contributed by atoms with Gasteiger partial charge in [-0.3, -0.25) is 0 Å². The molecule has 0 amide bonds. The zero-order chi connectivity index (χ0) is 20.4. The van der Waals surface area contributed by atoms with Gasteiger partial charge in [0.25, 0.3) is 8.32 Å². The molecule has 0 saturated carbocycles. The summed E-state index contributed by atoms with van der Waals surface area (Å²) in [6, 6.07) is 27.9. The van der Waals surface area contributed by atoms with Gasteiger partial charge >= 0.3 is 0 Å². The maximum atomic E-state index is 7.17. The lowest BCUT2D eigenvalue weighted by Crippen LogP contribution is -2.66. The molecule has 3 rings (SSSR count). The van der Waals surface area contributed by atoms with E-state index in [0.717, 1.165) is 14.5 Å². The maximum absolute atomic E-state index is 7.17. The Morgan fingerprint density at radius 3 is 1.57 bits per heavy atom. The summed E-state index contributed by atoms with van der Waals surface area (Å²) in [4.78, 5) is 0. The summed E-state index contributed by atoms with van der Waals surface area (Å²) < 4.78 is 9.27. The maximum Gasteiger partial charge on any atom is 0.261 e. The molecule has 0 N–H and O–H groups in total. The highest BCUT2D eigenvalue weighted by Gasteiger charge is 2.51. The van der Waals surface area contributed by atoms with Gasteiger partial charge in [0.05, 0.1) is 6.10 Å². The lowest BCUT2D eigenvalue weighted by molar-refractivity contribution is 0.210. The van der Waals surface area contributed by atoms with Crippen LogP contribution < -0.4 is 10.4 Å². The number of halogens is 2. The summed E-state index contributed by atoms with van der Waals surface area (Å²) in [6.45, 7) is 9.09. The van der Waals surface area contributed by atoms with Crippen molar-refractivity contribution in [1.29, 1.82) is 0 Å². The Labute approximate surface area is 186 Å². The Balaban J connectivity index is 2.18. The van der Waals surface area contributed by atoms with Crippen LogP contribution in [0, 0.1) is 0 Å². The lowest BCUT2D eigenvalue weighted by atomic mass is 10.1. The SMILES string of the molecule is CC(O[Si](c1ccccc1)(c1ccccc1)C(C)(C)C)c1cc(Br)cc(Br)c1. The highest BCUT2D eigenvalue weighted by atomic mass is 79.9. The van der Waals surface area contributed by atoms with Gasteiger partial charge in [0.2, 0.25) is 0 Å². The standard InChI is InChI=1S/C24H26Br2OSi/c1-18(19-15-20(25)17-21(26)16-19)27-28(24(2,3)4,22-11-7-5-8-12-22)23-13-9-6-10-14-23/h5-18H,1-4H3. The first-order valence-corrected chi connectivity index (χ1v) is 13.0. The topological polar surface area (TPSA) is 9.23 Å². The second-order valence-electron chi connectivity index (χ2n) is 8.13. The second-order valence-corrected chi connectivity index (χ2v) is 14.2. The van der Waals surface area contributed by atoms with E-state index in [2.05, 4.69) is 138 Å². The van der Waals surface area contributed by atoms with Gasteiger partial charge in [-0.2, -0.15) is 0 Å². The van der Waals surface area contributed by atoms with E-state index >= 15 is 0 Å². The molecule has 0 aliphatic heterocycles. The van der Waals surface area contributed by atoms with Crippen LogP contribution in [0.3, 0.4) is 0 Å². The number of hydrogen-bond acceptors (Lipinski definition) is 1. The molecule has 0 aliphatic rings. The van der Waals surface area contributed by atoms with Crippen LogP contribution in [0.15, 0.2) is 87.8 Å². The van der Waals surface area contributed by atoms with Crippen molar-refractivity contribution in [3.8, 4) is 0 Å². The van der Waals surface area contributed by atoms with Crippen molar-refractivity contribution in [1.82, 2.24) is 0 Å². The molecule has 3 aromatic rings. The van der Waals surface area contributed by atoms with Crippen molar-refractivity contribution in [3.63, 3.8) is 0 Å². The van der Waals surface area contributed by atoms with Crippen LogP contribution in [0.4, 0.5) is 0 Å². The Morgan fingerprint density at radius 1 is 0.750 bits per heavy atom. The smallest absolute Gasteiger partial charge is 0.261 e. The minimum atomic E-state index is -2.56. The molecule has 1 unspecified atom stereocenters. The van der Waals surface area contributed by atoms with E-state index in [-0.39, 0.29) is 11.1 Å². The average molecular weight is 518 g/mol. The number of rotatable bonds is 5. The highest BCUT2D eigenvalue weighted by molar-refractivity contribution is 9.11. The van der Waals surface area contributed by atoms with Crippen LogP contribution in [-0.4, -0.2) is 8.32 Å². The van der Waals surface area contributed by atoms with E-state index in [0.29, 0.717) is 0 Å². The summed E-state index contributed by atoms with van der Waals surface area (Å²) in [6.07, 6.45) is -0.0416. The largest absolute Gasteiger partial charge is 0.401 e. The predicted molar refractivity (Wildman–Crippen MR) is 129 cm³/mol. The van der Waals surface area contributed by atoms with Gasteiger partial charge in [-0.15, -0.1) is 0 Å². The van der Waals surface area contributed by atoms with Crippen LogP contribution >= 0.6 is 31.9 Å². The average Bonchev–Trinajstić information content (AvgIpc) is 2.65. The number of benzene rings is 3. The van der Waals surface area contributed by atoms with E-state index in [9.17, 15) is 0 Å². The summed E-state index contributed by atoms with van der Waals surface area (Å²) in [5.74, 6) is 0. The van der Waals surface area contributed by atoms with Gasteiger partial charge in [-0.25, -0.2) is 0 Å². The molecule has 1 nitrogen and oxygen atoms in total. The fourth-order valence-electron chi connectivity index (χ4n) is 3.83. The molecule has 3 aromatic carbocycles. The molecule has 0 heterocycles. The minimum absolute atomic E-state index is 0.0345. The Hall–Kier alpha value is -1.20. The van der Waals surface area contributed by atoms with E-state index in [1.807, 2.05) is 0 Å². The van der Waals surface area contributed by atoms with Crippen LogP contribution in [0.25, 0.3) is 0 Å².